The predicted octanol–water partition coefficient (Wildman–Crippen LogP) is 2.11. The molecule has 0 aliphatic rings. The van der Waals surface area contributed by atoms with Gasteiger partial charge in [-0.05, 0) is 42.2 Å². The van der Waals surface area contributed by atoms with Gasteiger partial charge in [0.25, 0.3) is 11.5 Å². The van der Waals surface area contributed by atoms with E-state index in [1.54, 1.807) is 24.3 Å². The summed E-state index contributed by atoms with van der Waals surface area (Å²) in [5.41, 5.74) is -0.194. The van der Waals surface area contributed by atoms with Gasteiger partial charge in [-0.2, -0.15) is 0 Å². The third-order valence-corrected chi connectivity index (χ3v) is 5.38. The lowest BCUT2D eigenvalue weighted by molar-refractivity contribution is -0.109. The molecule has 174 valence electrons. The molecule has 0 atom stereocenters. The summed E-state index contributed by atoms with van der Waals surface area (Å²) in [4.78, 5) is 52.1. The standard InChI is InChI=1S/C24H27FN4O4/c1-16(2)9-11-28(12-10-26-15-30)23(32)19-13-17(7-8-20(19)25)14-29-21-6-4-3-5-18(21)22(31)27-24(29)33/h3-8,13,15-16H,9-12,14H2,1-2H3,(H,26,30)(H,27,31,33). The Bertz CT molecular complexity index is 1270. The highest BCUT2D eigenvalue weighted by Gasteiger charge is 2.20. The molecule has 0 fully saturated rings. The van der Waals surface area contributed by atoms with E-state index in [0.29, 0.717) is 35.3 Å². The maximum Gasteiger partial charge on any atom is 0.329 e. The summed E-state index contributed by atoms with van der Waals surface area (Å²) in [5, 5.41) is 2.88. The first kappa shape index (κ1) is 23.9. The van der Waals surface area contributed by atoms with Gasteiger partial charge in [-0.15, -0.1) is 0 Å². The predicted molar refractivity (Wildman–Crippen MR) is 124 cm³/mol. The van der Waals surface area contributed by atoms with Crippen LogP contribution in [0, 0.1) is 11.7 Å². The Hall–Kier alpha value is -3.75. The molecule has 8 nitrogen and oxygen atoms in total. The molecule has 0 bridgehead atoms. The molecule has 2 amide bonds. The van der Waals surface area contributed by atoms with Crippen molar-refractivity contribution in [1.29, 1.82) is 0 Å². The highest BCUT2D eigenvalue weighted by Crippen LogP contribution is 2.17. The minimum absolute atomic E-state index is 0.0510. The van der Waals surface area contributed by atoms with Crippen molar-refractivity contribution in [3.63, 3.8) is 0 Å². The number of rotatable bonds is 10. The van der Waals surface area contributed by atoms with Crippen molar-refractivity contribution in [2.24, 2.45) is 5.92 Å². The van der Waals surface area contributed by atoms with E-state index in [9.17, 15) is 23.6 Å². The lowest BCUT2D eigenvalue weighted by atomic mass is 10.1. The summed E-state index contributed by atoms with van der Waals surface area (Å²) in [7, 11) is 0. The molecule has 0 radical (unpaired) electrons. The van der Waals surface area contributed by atoms with E-state index in [1.165, 1.54) is 27.7 Å². The molecule has 0 aliphatic heterocycles. The number of halogens is 1. The van der Waals surface area contributed by atoms with Crippen molar-refractivity contribution in [1.82, 2.24) is 19.8 Å². The SMILES string of the molecule is CC(C)CCN(CCNC=O)C(=O)c1cc(Cn2c(=O)[nH]c(=O)c3ccccc32)ccc1F. The van der Waals surface area contributed by atoms with Gasteiger partial charge < -0.3 is 10.2 Å². The first-order chi connectivity index (χ1) is 15.8. The Balaban J connectivity index is 1.94. The van der Waals surface area contributed by atoms with Crippen LogP contribution in [0.1, 0.15) is 36.2 Å². The normalized spacial score (nSPS) is 11.0. The fourth-order valence-corrected chi connectivity index (χ4v) is 3.57. The lowest BCUT2D eigenvalue weighted by Crippen LogP contribution is -2.38. The number of carbonyl (C=O) groups excluding carboxylic acids is 2. The van der Waals surface area contributed by atoms with Crippen molar-refractivity contribution in [2.75, 3.05) is 19.6 Å². The minimum Gasteiger partial charge on any atom is -0.357 e. The van der Waals surface area contributed by atoms with E-state index < -0.39 is 23.0 Å². The Kier molecular flexibility index (Phi) is 7.76. The Morgan fingerprint density at radius 2 is 1.94 bits per heavy atom. The van der Waals surface area contributed by atoms with Crippen LogP contribution in [0.3, 0.4) is 0 Å². The van der Waals surface area contributed by atoms with E-state index in [4.69, 9.17) is 0 Å². The van der Waals surface area contributed by atoms with E-state index in [2.05, 4.69) is 10.3 Å². The topological polar surface area (TPSA) is 104 Å². The van der Waals surface area contributed by atoms with Crippen LogP contribution >= 0.6 is 0 Å². The number of nitrogens with zero attached hydrogens (tertiary/aromatic N) is 2. The molecule has 1 aromatic heterocycles. The van der Waals surface area contributed by atoms with Crippen molar-refractivity contribution in [2.45, 2.75) is 26.8 Å². The maximum atomic E-state index is 14.7. The van der Waals surface area contributed by atoms with Crippen LogP contribution in [0.5, 0.6) is 0 Å². The van der Waals surface area contributed by atoms with Crippen LogP contribution in [-0.4, -0.2) is 46.4 Å². The number of amides is 2. The number of hydrogen-bond donors (Lipinski definition) is 2. The molecule has 33 heavy (non-hydrogen) atoms. The van der Waals surface area contributed by atoms with Gasteiger partial charge in [0.2, 0.25) is 6.41 Å². The van der Waals surface area contributed by atoms with Gasteiger partial charge >= 0.3 is 5.69 Å². The molecule has 2 aromatic carbocycles. The molecule has 0 saturated heterocycles. The second-order valence-corrected chi connectivity index (χ2v) is 8.22. The molecule has 1 heterocycles. The number of para-hydroxylation sites is 1. The number of aromatic amines is 1. The molecule has 3 rings (SSSR count). The monoisotopic (exact) mass is 454 g/mol. The van der Waals surface area contributed by atoms with E-state index in [0.717, 1.165) is 6.42 Å². The first-order valence-electron chi connectivity index (χ1n) is 10.8. The summed E-state index contributed by atoms with van der Waals surface area (Å²) in [6.45, 7) is 5.03. The van der Waals surface area contributed by atoms with Crippen molar-refractivity contribution in [3.05, 3.63) is 80.2 Å². The van der Waals surface area contributed by atoms with E-state index in [-0.39, 0.29) is 25.2 Å². The number of aromatic nitrogens is 2. The van der Waals surface area contributed by atoms with Gasteiger partial charge in [-0.1, -0.05) is 32.0 Å². The number of H-pyrrole nitrogens is 1. The molecule has 0 unspecified atom stereocenters. The zero-order chi connectivity index (χ0) is 24.0. The number of benzene rings is 2. The molecule has 3 aromatic rings. The molecule has 9 heteroatoms. The summed E-state index contributed by atoms with van der Waals surface area (Å²) < 4.78 is 16.0. The zero-order valence-electron chi connectivity index (χ0n) is 18.6. The number of hydrogen-bond acceptors (Lipinski definition) is 4. The largest absolute Gasteiger partial charge is 0.357 e. The highest BCUT2D eigenvalue weighted by molar-refractivity contribution is 5.94. The smallest absolute Gasteiger partial charge is 0.329 e. The first-order valence-corrected chi connectivity index (χ1v) is 10.8. The van der Waals surface area contributed by atoms with Crippen LogP contribution < -0.4 is 16.6 Å². The van der Waals surface area contributed by atoms with Gasteiger partial charge in [-0.25, -0.2) is 9.18 Å². The van der Waals surface area contributed by atoms with Crippen molar-refractivity contribution < 1.29 is 14.0 Å². The minimum atomic E-state index is -0.666. The number of fused-ring (bicyclic) bond motifs is 1. The van der Waals surface area contributed by atoms with Crippen LogP contribution in [0.15, 0.2) is 52.1 Å². The second-order valence-electron chi connectivity index (χ2n) is 8.22. The van der Waals surface area contributed by atoms with Gasteiger partial charge in [0, 0.05) is 19.6 Å². The molecule has 0 saturated carbocycles. The summed E-state index contributed by atoms with van der Waals surface area (Å²) >= 11 is 0. The lowest BCUT2D eigenvalue weighted by Gasteiger charge is -2.24. The van der Waals surface area contributed by atoms with Crippen molar-refractivity contribution in [3.8, 4) is 0 Å². The van der Waals surface area contributed by atoms with Gasteiger partial charge in [0.1, 0.15) is 5.82 Å². The Morgan fingerprint density at radius 1 is 1.18 bits per heavy atom. The molecule has 0 aliphatic carbocycles. The fraction of sp³-hybridized carbons (Fsp3) is 0.333. The van der Waals surface area contributed by atoms with Crippen LogP contribution in [0.4, 0.5) is 4.39 Å². The third kappa shape index (κ3) is 5.74. The molecule has 0 spiro atoms. The zero-order valence-corrected chi connectivity index (χ0v) is 18.6. The average molecular weight is 455 g/mol. The quantitative estimate of drug-likeness (QED) is 0.362. The van der Waals surface area contributed by atoms with Gasteiger partial charge in [0.05, 0.1) is 23.0 Å². The fourth-order valence-electron chi connectivity index (χ4n) is 3.57. The van der Waals surface area contributed by atoms with E-state index in [1.807, 2.05) is 13.8 Å². The highest BCUT2D eigenvalue weighted by atomic mass is 19.1. The summed E-state index contributed by atoms with van der Waals surface area (Å²) in [6, 6.07) is 10.8. The number of nitrogens with one attached hydrogen (secondary N) is 2. The second kappa shape index (κ2) is 10.7. The van der Waals surface area contributed by atoms with Gasteiger partial charge in [0.15, 0.2) is 0 Å². The Labute approximate surface area is 190 Å². The maximum absolute atomic E-state index is 14.7. The Morgan fingerprint density at radius 3 is 2.67 bits per heavy atom. The molecular weight excluding hydrogens is 427 g/mol. The molecule has 2 N–H and O–H groups in total. The van der Waals surface area contributed by atoms with Crippen LogP contribution in [-0.2, 0) is 11.3 Å². The van der Waals surface area contributed by atoms with Gasteiger partial charge in [-0.3, -0.25) is 23.9 Å². The van der Waals surface area contributed by atoms with Crippen LogP contribution in [0.2, 0.25) is 0 Å². The van der Waals surface area contributed by atoms with Crippen molar-refractivity contribution >= 4 is 23.2 Å². The summed E-state index contributed by atoms with van der Waals surface area (Å²) in [6.07, 6.45) is 1.28. The average Bonchev–Trinajstić information content (AvgIpc) is 2.79. The van der Waals surface area contributed by atoms with Crippen LogP contribution in [0.25, 0.3) is 10.9 Å². The summed E-state index contributed by atoms with van der Waals surface area (Å²) in [5.74, 6) is -0.808. The van der Waals surface area contributed by atoms with E-state index >= 15 is 0 Å². The molecular formula is C24H27FN4O4. The third-order valence-electron chi connectivity index (χ3n) is 5.38. The number of carbonyl (C=O) groups is 2.